The molecule has 0 saturated carbocycles. The van der Waals surface area contributed by atoms with Crippen molar-refractivity contribution in [1.29, 1.82) is 0 Å². The van der Waals surface area contributed by atoms with Crippen LogP contribution in [0.3, 0.4) is 0 Å². The second-order valence-corrected chi connectivity index (χ2v) is 5.53. The minimum atomic E-state index is 0.535. The van der Waals surface area contributed by atoms with Crippen LogP contribution in [0.1, 0.15) is 16.1 Å². The maximum Gasteiger partial charge on any atom is 0.167 e. The van der Waals surface area contributed by atoms with Gasteiger partial charge in [-0.05, 0) is 36.8 Å². The molecule has 2 nitrogen and oxygen atoms in total. The zero-order valence-corrected chi connectivity index (χ0v) is 12.2. The number of aromatic nitrogens is 1. The van der Waals surface area contributed by atoms with Crippen molar-refractivity contribution in [1.82, 2.24) is 4.40 Å². The summed E-state index contributed by atoms with van der Waals surface area (Å²) in [6.45, 7) is 1.99. The minimum Gasteiger partial charge on any atom is -0.313 e. The Morgan fingerprint density at radius 1 is 1.05 bits per heavy atom. The third-order valence-electron chi connectivity index (χ3n) is 3.29. The Labute approximate surface area is 126 Å². The Morgan fingerprint density at radius 3 is 2.55 bits per heavy atom. The van der Waals surface area contributed by atoms with Crippen LogP contribution in [0.2, 0.25) is 10.0 Å². The molecule has 2 aromatic heterocycles. The third kappa shape index (κ3) is 2.11. The van der Waals surface area contributed by atoms with Crippen molar-refractivity contribution < 1.29 is 4.79 Å². The van der Waals surface area contributed by atoms with E-state index in [1.54, 1.807) is 12.1 Å². The molecule has 0 aliphatic heterocycles. The molecule has 0 spiro atoms. The summed E-state index contributed by atoms with van der Waals surface area (Å²) in [6, 6.07) is 11.2. The summed E-state index contributed by atoms with van der Waals surface area (Å²) < 4.78 is 1.88. The number of fused-ring (bicyclic) bond motifs is 1. The summed E-state index contributed by atoms with van der Waals surface area (Å²) in [6.07, 6.45) is 2.79. The minimum absolute atomic E-state index is 0.535. The first-order valence-electron chi connectivity index (χ1n) is 6.12. The quantitative estimate of drug-likeness (QED) is 0.608. The SMILES string of the molecule is Cc1ccc2cc(-c3ccc(Cl)cc3Cl)c(C=O)n2c1. The number of rotatable bonds is 2. The van der Waals surface area contributed by atoms with Gasteiger partial charge in [0, 0.05) is 32.9 Å². The van der Waals surface area contributed by atoms with Crippen LogP contribution in [0.15, 0.2) is 42.6 Å². The van der Waals surface area contributed by atoms with E-state index in [9.17, 15) is 4.79 Å². The Bertz CT molecular complexity index is 821. The zero-order valence-electron chi connectivity index (χ0n) is 10.7. The molecular formula is C16H11Cl2NO. The lowest BCUT2D eigenvalue weighted by molar-refractivity contribution is 0.111. The van der Waals surface area contributed by atoms with Gasteiger partial charge in [-0.1, -0.05) is 35.3 Å². The molecule has 4 heteroatoms. The van der Waals surface area contributed by atoms with Crippen LogP contribution in [-0.4, -0.2) is 10.7 Å². The van der Waals surface area contributed by atoms with Crippen LogP contribution in [0.25, 0.3) is 16.6 Å². The topological polar surface area (TPSA) is 21.5 Å². The molecule has 3 aromatic rings. The van der Waals surface area contributed by atoms with Gasteiger partial charge in [0.2, 0.25) is 0 Å². The van der Waals surface area contributed by atoms with E-state index in [1.807, 2.05) is 41.8 Å². The van der Waals surface area contributed by atoms with Crippen LogP contribution >= 0.6 is 23.2 Å². The van der Waals surface area contributed by atoms with E-state index >= 15 is 0 Å². The highest BCUT2D eigenvalue weighted by Gasteiger charge is 2.14. The molecular weight excluding hydrogens is 293 g/mol. The number of hydrogen-bond acceptors (Lipinski definition) is 1. The zero-order chi connectivity index (χ0) is 14.3. The van der Waals surface area contributed by atoms with Crippen molar-refractivity contribution in [2.24, 2.45) is 0 Å². The molecule has 20 heavy (non-hydrogen) atoms. The third-order valence-corrected chi connectivity index (χ3v) is 3.84. The number of pyridine rings is 1. The van der Waals surface area contributed by atoms with Crippen LogP contribution in [-0.2, 0) is 0 Å². The largest absolute Gasteiger partial charge is 0.313 e. The fraction of sp³-hybridized carbons (Fsp3) is 0.0625. The summed E-state index contributed by atoms with van der Waals surface area (Å²) in [4.78, 5) is 11.5. The van der Waals surface area contributed by atoms with Gasteiger partial charge in [-0.25, -0.2) is 0 Å². The van der Waals surface area contributed by atoms with Gasteiger partial charge in [-0.15, -0.1) is 0 Å². The molecule has 0 radical (unpaired) electrons. The Morgan fingerprint density at radius 2 is 1.85 bits per heavy atom. The number of carbonyl (C=O) groups is 1. The predicted octanol–water partition coefficient (Wildman–Crippen LogP) is 5.03. The van der Waals surface area contributed by atoms with Crippen LogP contribution < -0.4 is 0 Å². The second kappa shape index (κ2) is 4.97. The van der Waals surface area contributed by atoms with Gasteiger partial charge >= 0.3 is 0 Å². The summed E-state index contributed by atoms with van der Waals surface area (Å²) >= 11 is 12.2. The van der Waals surface area contributed by atoms with E-state index in [0.29, 0.717) is 15.7 Å². The smallest absolute Gasteiger partial charge is 0.167 e. The lowest BCUT2D eigenvalue weighted by Gasteiger charge is -2.04. The monoisotopic (exact) mass is 303 g/mol. The van der Waals surface area contributed by atoms with Crippen molar-refractivity contribution in [3.8, 4) is 11.1 Å². The highest BCUT2D eigenvalue weighted by molar-refractivity contribution is 6.36. The average molecular weight is 304 g/mol. The fourth-order valence-electron chi connectivity index (χ4n) is 2.34. The normalized spacial score (nSPS) is 10.9. The van der Waals surface area contributed by atoms with Gasteiger partial charge in [-0.3, -0.25) is 4.79 Å². The molecule has 3 rings (SSSR count). The Kier molecular flexibility index (Phi) is 3.28. The maximum absolute atomic E-state index is 11.5. The van der Waals surface area contributed by atoms with E-state index in [4.69, 9.17) is 23.2 Å². The van der Waals surface area contributed by atoms with Crippen LogP contribution in [0.4, 0.5) is 0 Å². The van der Waals surface area contributed by atoms with Crippen molar-refractivity contribution in [2.45, 2.75) is 6.92 Å². The maximum atomic E-state index is 11.5. The number of aldehydes is 1. The van der Waals surface area contributed by atoms with Gasteiger partial charge in [0.15, 0.2) is 6.29 Å². The predicted molar refractivity (Wildman–Crippen MR) is 83.0 cm³/mol. The first-order chi connectivity index (χ1) is 9.60. The first kappa shape index (κ1) is 13.2. The lowest BCUT2D eigenvalue weighted by atomic mass is 10.1. The molecule has 0 bridgehead atoms. The van der Waals surface area contributed by atoms with E-state index in [1.165, 1.54) is 0 Å². The number of nitrogens with zero attached hydrogens (tertiary/aromatic N) is 1. The molecule has 2 heterocycles. The van der Waals surface area contributed by atoms with Gasteiger partial charge in [-0.2, -0.15) is 0 Å². The highest BCUT2D eigenvalue weighted by atomic mass is 35.5. The van der Waals surface area contributed by atoms with Crippen molar-refractivity contribution >= 4 is 35.0 Å². The van der Waals surface area contributed by atoms with E-state index in [0.717, 1.165) is 28.5 Å². The fourth-order valence-corrected chi connectivity index (χ4v) is 2.85. The molecule has 0 amide bonds. The van der Waals surface area contributed by atoms with Gasteiger partial charge in [0.05, 0.1) is 5.69 Å². The van der Waals surface area contributed by atoms with Crippen molar-refractivity contribution in [3.63, 3.8) is 0 Å². The van der Waals surface area contributed by atoms with Crippen molar-refractivity contribution in [3.05, 3.63) is 63.9 Å². The van der Waals surface area contributed by atoms with Gasteiger partial charge in [0.25, 0.3) is 0 Å². The van der Waals surface area contributed by atoms with Crippen LogP contribution in [0, 0.1) is 6.92 Å². The summed E-state index contributed by atoms with van der Waals surface area (Å²) in [5.41, 5.74) is 4.25. The molecule has 0 aliphatic rings. The van der Waals surface area contributed by atoms with Gasteiger partial charge in [0.1, 0.15) is 0 Å². The first-order valence-corrected chi connectivity index (χ1v) is 6.88. The summed E-state index contributed by atoms with van der Waals surface area (Å²) in [5.74, 6) is 0. The highest BCUT2D eigenvalue weighted by Crippen LogP contribution is 2.34. The number of halogens is 2. The molecule has 0 saturated heterocycles. The molecule has 100 valence electrons. The Hall–Kier alpha value is -1.77. The van der Waals surface area contributed by atoms with Gasteiger partial charge < -0.3 is 4.40 Å². The summed E-state index contributed by atoms with van der Waals surface area (Å²) in [5, 5.41) is 1.11. The standard InChI is InChI=1S/C16H11Cl2NO/c1-10-2-4-12-7-14(16(9-20)19(12)8-10)13-5-3-11(17)6-15(13)18/h2-9H,1H3. The number of carbonyl (C=O) groups excluding carboxylic acids is 1. The number of hydrogen-bond donors (Lipinski definition) is 0. The average Bonchev–Trinajstić information content (AvgIpc) is 2.76. The molecule has 0 N–H and O–H groups in total. The number of aryl methyl sites for hydroxylation is 1. The van der Waals surface area contributed by atoms with E-state index < -0.39 is 0 Å². The number of benzene rings is 1. The van der Waals surface area contributed by atoms with Crippen molar-refractivity contribution in [2.75, 3.05) is 0 Å². The lowest BCUT2D eigenvalue weighted by Crippen LogP contribution is -1.93. The van der Waals surface area contributed by atoms with E-state index in [2.05, 4.69) is 0 Å². The Balaban J connectivity index is 2.33. The molecule has 0 unspecified atom stereocenters. The summed E-state index contributed by atoms with van der Waals surface area (Å²) in [7, 11) is 0. The molecule has 0 fully saturated rings. The molecule has 1 aromatic carbocycles. The molecule has 0 atom stereocenters. The second-order valence-electron chi connectivity index (χ2n) is 4.69. The van der Waals surface area contributed by atoms with E-state index in [-0.39, 0.29) is 0 Å². The molecule has 0 aliphatic carbocycles. The van der Waals surface area contributed by atoms with Crippen LogP contribution in [0.5, 0.6) is 0 Å².